The molecule has 1 N–H and O–H groups in total. The van der Waals surface area contributed by atoms with E-state index in [1.54, 1.807) is 17.5 Å². The van der Waals surface area contributed by atoms with Crippen LogP contribution in [0.15, 0.2) is 29.9 Å². The lowest BCUT2D eigenvalue weighted by molar-refractivity contribution is 0.117. The Morgan fingerprint density at radius 3 is 3.00 bits per heavy atom. The number of hydrogen-bond acceptors (Lipinski definition) is 3. The van der Waals surface area contributed by atoms with Gasteiger partial charge in [-0.15, -0.1) is 11.3 Å². The maximum Gasteiger partial charge on any atom is 0.150 e. The topological polar surface area (TPSA) is 38.0 Å². The molecule has 0 aliphatic heterocycles. The zero-order chi connectivity index (χ0) is 11.5. The van der Waals surface area contributed by atoms with E-state index >= 15 is 0 Å². The third kappa shape index (κ3) is 2.03. The number of thiophene rings is 1. The second kappa shape index (κ2) is 4.80. The molecule has 0 bridgehead atoms. The van der Waals surface area contributed by atoms with Crippen molar-refractivity contribution in [2.45, 2.75) is 32.4 Å². The minimum atomic E-state index is -0.326. The van der Waals surface area contributed by atoms with Crippen LogP contribution in [0.4, 0.5) is 0 Å². The van der Waals surface area contributed by atoms with Gasteiger partial charge >= 0.3 is 0 Å². The fraction of sp³-hybridized carbons (Fsp3) is 0.417. The number of rotatable bonds is 4. The van der Waals surface area contributed by atoms with Crippen molar-refractivity contribution in [1.82, 2.24) is 9.55 Å². The summed E-state index contributed by atoms with van der Waals surface area (Å²) in [6.45, 7) is 4.01. The average molecular weight is 236 g/mol. The van der Waals surface area contributed by atoms with Crippen molar-refractivity contribution in [1.29, 1.82) is 0 Å². The van der Waals surface area contributed by atoms with Gasteiger partial charge in [0.15, 0.2) is 0 Å². The molecule has 0 spiro atoms. The smallest absolute Gasteiger partial charge is 0.150 e. The van der Waals surface area contributed by atoms with Crippen molar-refractivity contribution in [2.24, 2.45) is 0 Å². The standard InChI is InChI=1S/C12H16N2OS/c1-3-10(15)9(2)14-7-6-13-12(14)11-5-4-8-16-11/h4-10,15H,3H2,1-2H3. The molecule has 2 aromatic rings. The predicted molar refractivity (Wildman–Crippen MR) is 66.5 cm³/mol. The van der Waals surface area contributed by atoms with E-state index < -0.39 is 0 Å². The highest BCUT2D eigenvalue weighted by Crippen LogP contribution is 2.27. The van der Waals surface area contributed by atoms with Crippen molar-refractivity contribution in [3.63, 3.8) is 0 Å². The molecule has 0 radical (unpaired) electrons. The van der Waals surface area contributed by atoms with Crippen LogP contribution in [0.5, 0.6) is 0 Å². The normalized spacial score (nSPS) is 14.9. The lowest BCUT2D eigenvalue weighted by atomic mass is 10.1. The Kier molecular flexibility index (Phi) is 3.41. The molecule has 0 amide bonds. The summed E-state index contributed by atoms with van der Waals surface area (Å²) >= 11 is 1.67. The Morgan fingerprint density at radius 1 is 1.56 bits per heavy atom. The zero-order valence-corrected chi connectivity index (χ0v) is 10.3. The van der Waals surface area contributed by atoms with Crippen LogP contribution in [-0.4, -0.2) is 20.8 Å². The largest absolute Gasteiger partial charge is 0.391 e. The van der Waals surface area contributed by atoms with Gasteiger partial charge in [0, 0.05) is 12.4 Å². The van der Waals surface area contributed by atoms with Crippen molar-refractivity contribution in [3.8, 4) is 10.7 Å². The van der Waals surface area contributed by atoms with Crippen LogP contribution in [0.3, 0.4) is 0 Å². The van der Waals surface area contributed by atoms with Crippen molar-refractivity contribution < 1.29 is 5.11 Å². The first kappa shape index (κ1) is 11.4. The Bertz CT molecular complexity index is 436. The lowest BCUT2D eigenvalue weighted by Gasteiger charge is -2.20. The lowest BCUT2D eigenvalue weighted by Crippen LogP contribution is -2.20. The van der Waals surface area contributed by atoms with Gasteiger partial charge < -0.3 is 9.67 Å². The second-order valence-electron chi connectivity index (χ2n) is 3.85. The molecular formula is C12H16N2OS. The molecular weight excluding hydrogens is 220 g/mol. The summed E-state index contributed by atoms with van der Waals surface area (Å²) in [6.07, 6.45) is 4.14. The highest BCUT2D eigenvalue weighted by molar-refractivity contribution is 7.13. The van der Waals surface area contributed by atoms with Crippen LogP contribution >= 0.6 is 11.3 Å². The van der Waals surface area contributed by atoms with Crippen LogP contribution in [-0.2, 0) is 0 Å². The summed E-state index contributed by atoms with van der Waals surface area (Å²) in [7, 11) is 0. The molecule has 3 nitrogen and oxygen atoms in total. The predicted octanol–water partition coefficient (Wildman–Crippen LogP) is 2.94. The summed E-state index contributed by atoms with van der Waals surface area (Å²) in [6, 6.07) is 4.12. The molecule has 2 atom stereocenters. The van der Waals surface area contributed by atoms with E-state index in [1.165, 1.54) is 0 Å². The van der Waals surface area contributed by atoms with Crippen LogP contribution in [0.25, 0.3) is 10.7 Å². The van der Waals surface area contributed by atoms with E-state index in [2.05, 4.69) is 11.1 Å². The van der Waals surface area contributed by atoms with Gasteiger partial charge in [0.2, 0.25) is 0 Å². The second-order valence-corrected chi connectivity index (χ2v) is 4.80. The van der Waals surface area contributed by atoms with Gasteiger partial charge in [-0.25, -0.2) is 4.98 Å². The van der Waals surface area contributed by atoms with E-state index in [9.17, 15) is 5.11 Å². The Morgan fingerprint density at radius 2 is 2.38 bits per heavy atom. The third-order valence-electron chi connectivity index (χ3n) is 2.82. The van der Waals surface area contributed by atoms with Gasteiger partial charge in [-0.1, -0.05) is 13.0 Å². The third-order valence-corrected chi connectivity index (χ3v) is 3.69. The van der Waals surface area contributed by atoms with Crippen LogP contribution < -0.4 is 0 Å². The number of imidazole rings is 1. The first-order valence-corrected chi connectivity index (χ1v) is 6.36. The molecule has 2 heterocycles. The van der Waals surface area contributed by atoms with Crippen molar-refractivity contribution in [3.05, 3.63) is 29.9 Å². The molecule has 0 saturated heterocycles. The molecule has 2 aromatic heterocycles. The molecule has 2 rings (SSSR count). The van der Waals surface area contributed by atoms with Crippen LogP contribution in [0.1, 0.15) is 26.3 Å². The van der Waals surface area contributed by atoms with E-state index in [4.69, 9.17) is 0 Å². The van der Waals surface area contributed by atoms with Gasteiger partial charge in [-0.3, -0.25) is 0 Å². The fourth-order valence-corrected chi connectivity index (χ4v) is 2.49. The maximum atomic E-state index is 9.88. The van der Waals surface area contributed by atoms with Crippen LogP contribution in [0.2, 0.25) is 0 Å². The van der Waals surface area contributed by atoms with Gasteiger partial charge in [0.25, 0.3) is 0 Å². The van der Waals surface area contributed by atoms with E-state index in [0.29, 0.717) is 0 Å². The average Bonchev–Trinajstić information content (AvgIpc) is 2.95. The Hall–Kier alpha value is -1.13. The summed E-state index contributed by atoms with van der Waals surface area (Å²) in [5.74, 6) is 0.940. The SMILES string of the molecule is CCC(O)C(C)n1ccnc1-c1cccs1. The first-order chi connectivity index (χ1) is 7.74. The molecule has 0 aliphatic rings. The Balaban J connectivity index is 2.33. The summed E-state index contributed by atoms with van der Waals surface area (Å²) in [5, 5.41) is 11.9. The quantitative estimate of drug-likeness (QED) is 0.886. The number of nitrogens with zero attached hydrogens (tertiary/aromatic N) is 2. The maximum absolute atomic E-state index is 9.88. The number of aromatic nitrogens is 2. The van der Waals surface area contributed by atoms with Crippen molar-refractivity contribution >= 4 is 11.3 Å². The zero-order valence-electron chi connectivity index (χ0n) is 9.50. The molecule has 0 saturated carbocycles. The molecule has 0 aliphatic carbocycles. The number of aliphatic hydroxyl groups excluding tert-OH is 1. The molecule has 0 fully saturated rings. The van der Waals surface area contributed by atoms with Gasteiger partial charge in [-0.05, 0) is 24.8 Å². The summed E-state index contributed by atoms with van der Waals surface area (Å²) in [5.41, 5.74) is 0. The van der Waals surface area contributed by atoms with E-state index in [1.807, 2.05) is 36.1 Å². The Labute approximate surface area is 99.4 Å². The minimum Gasteiger partial charge on any atom is -0.391 e. The van der Waals surface area contributed by atoms with Gasteiger partial charge in [-0.2, -0.15) is 0 Å². The first-order valence-electron chi connectivity index (χ1n) is 5.48. The summed E-state index contributed by atoms with van der Waals surface area (Å²) in [4.78, 5) is 5.50. The molecule has 16 heavy (non-hydrogen) atoms. The number of aliphatic hydroxyl groups is 1. The molecule has 4 heteroatoms. The molecule has 2 unspecified atom stereocenters. The molecule has 86 valence electrons. The fourth-order valence-electron chi connectivity index (χ4n) is 1.76. The highest BCUT2D eigenvalue weighted by atomic mass is 32.1. The highest BCUT2D eigenvalue weighted by Gasteiger charge is 2.17. The monoisotopic (exact) mass is 236 g/mol. The molecule has 0 aromatic carbocycles. The van der Waals surface area contributed by atoms with Gasteiger partial charge in [0.05, 0.1) is 17.0 Å². The van der Waals surface area contributed by atoms with E-state index in [0.717, 1.165) is 17.1 Å². The van der Waals surface area contributed by atoms with Gasteiger partial charge in [0.1, 0.15) is 5.82 Å². The summed E-state index contributed by atoms with van der Waals surface area (Å²) < 4.78 is 2.04. The van der Waals surface area contributed by atoms with Crippen LogP contribution in [0, 0.1) is 0 Å². The van der Waals surface area contributed by atoms with Crippen molar-refractivity contribution in [2.75, 3.05) is 0 Å². The minimum absolute atomic E-state index is 0.0598. The number of hydrogen-bond donors (Lipinski definition) is 1. The van der Waals surface area contributed by atoms with E-state index in [-0.39, 0.29) is 12.1 Å².